The van der Waals surface area contributed by atoms with Crippen LogP contribution in [0, 0.1) is 13.8 Å². The Balaban J connectivity index is 1.59. The molecule has 0 unspecified atom stereocenters. The second kappa shape index (κ2) is 9.34. The summed E-state index contributed by atoms with van der Waals surface area (Å²) in [5.74, 6) is 1.09. The fourth-order valence-electron chi connectivity index (χ4n) is 2.60. The molecule has 0 atom stereocenters. The summed E-state index contributed by atoms with van der Waals surface area (Å²) >= 11 is 3.26. The Morgan fingerprint density at radius 1 is 0.966 bits per heavy atom. The van der Waals surface area contributed by atoms with Gasteiger partial charge in [-0.15, -0.1) is 0 Å². The van der Waals surface area contributed by atoms with Gasteiger partial charge in [0.1, 0.15) is 5.82 Å². The van der Waals surface area contributed by atoms with E-state index in [0.717, 1.165) is 11.4 Å². The number of sulfonamides is 1. The van der Waals surface area contributed by atoms with Gasteiger partial charge in [0, 0.05) is 35.0 Å². The predicted molar refractivity (Wildman–Crippen MR) is 119 cm³/mol. The molecule has 7 nitrogen and oxygen atoms in total. The molecule has 1 heterocycles. The highest BCUT2D eigenvalue weighted by atomic mass is 79.9. The fraction of sp³-hybridized carbons (Fsp3) is 0.200. The Labute approximate surface area is 179 Å². The molecule has 3 N–H and O–H groups in total. The average Bonchev–Trinajstić information content (AvgIpc) is 2.67. The Kier molecular flexibility index (Phi) is 6.83. The minimum Gasteiger partial charge on any atom is -0.353 e. The molecule has 2 aromatic carbocycles. The van der Waals surface area contributed by atoms with Crippen LogP contribution in [0.5, 0.6) is 0 Å². The van der Waals surface area contributed by atoms with Gasteiger partial charge in [0.05, 0.1) is 4.90 Å². The van der Waals surface area contributed by atoms with E-state index in [1.165, 1.54) is 5.56 Å². The van der Waals surface area contributed by atoms with Crippen LogP contribution >= 0.6 is 15.9 Å². The third-order valence-electron chi connectivity index (χ3n) is 4.00. The standard InChI is InChI=1S/C20H22BrN5O2S/c1-14-7-9-16(10-8-14)25-19-13-15(2)24-20(26-19)22-11-12-23-29(27,28)18-6-4-3-5-17(18)21/h3-10,13,23H,11-12H2,1-2H3,(H2,22,24,25,26). The van der Waals surface area contributed by atoms with Crippen molar-refractivity contribution in [3.05, 3.63) is 70.3 Å². The first-order valence-corrected chi connectivity index (χ1v) is 11.3. The summed E-state index contributed by atoms with van der Waals surface area (Å²) < 4.78 is 27.9. The van der Waals surface area contributed by atoms with Gasteiger partial charge in [0.2, 0.25) is 16.0 Å². The monoisotopic (exact) mass is 475 g/mol. The molecule has 0 bridgehead atoms. The molecule has 3 rings (SSSR count). The molecule has 0 aliphatic heterocycles. The maximum absolute atomic E-state index is 12.4. The van der Waals surface area contributed by atoms with Crippen LogP contribution in [0.4, 0.5) is 17.5 Å². The molecule has 0 saturated carbocycles. The molecule has 0 aliphatic rings. The second-order valence-corrected chi connectivity index (χ2v) is 9.05. The van der Waals surface area contributed by atoms with Gasteiger partial charge >= 0.3 is 0 Å². The molecular weight excluding hydrogens is 454 g/mol. The van der Waals surface area contributed by atoms with E-state index in [9.17, 15) is 8.42 Å². The molecule has 0 radical (unpaired) electrons. The van der Waals surface area contributed by atoms with Crippen LogP contribution in [0.1, 0.15) is 11.3 Å². The molecule has 3 aromatic rings. The predicted octanol–water partition coefficient (Wildman–Crippen LogP) is 3.99. The molecular formula is C20H22BrN5O2S. The highest BCUT2D eigenvalue weighted by Crippen LogP contribution is 2.21. The van der Waals surface area contributed by atoms with Crippen molar-refractivity contribution >= 4 is 43.4 Å². The highest BCUT2D eigenvalue weighted by Gasteiger charge is 2.16. The molecule has 1 aromatic heterocycles. The zero-order valence-corrected chi connectivity index (χ0v) is 18.5. The number of nitrogens with one attached hydrogen (secondary N) is 3. The van der Waals surface area contributed by atoms with Crippen LogP contribution in [0.2, 0.25) is 0 Å². The summed E-state index contributed by atoms with van der Waals surface area (Å²) in [5, 5.41) is 6.31. The summed E-state index contributed by atoms with van der Waals surface area (Å²) in [6, 6.07) is 16.5. The number of nitrogens with zero attached hydrogens (tertiary/aromatic N) is 2. The van der Waals surface area contributed by atoms with Crippen molar-refractivity contribution in [2.45, 2.75) is 18.7 Å². The van der Waals surface area contributed by atoms with E-state index < -0.39 is 10.0 Å². The van der Waals surface area contributed by atoms with Crippen LogP contribution in [0.25, 0.3) is 0 Å². The van der Waals surface area contributed by atoms with Gasteiger partial charge in [-0.05, 0) is 54.0 Å². The molecule has 0 aliphatic carbocycles. The van der Waals surface area contributed by atoms with E-state index in [1.807, 2.05) is 44.2 Å². The van der Waals surface area contributed by atoms with Gasteiger partial charge in [-0.25, -0.2) is 18.1 Å². The maximum atomic E-state index is 12.4. The minimum atomic E-state index is -3.60. The van der Waals surface area contributed by atoms with Gasteiger partial charge in [-0.1, -0.05) is 29.8 Å². The smallest absolute Gasteiger partial charge is 0.241 e. The highest BCUT2D eigenvalue weighted by molar-refractivity contribution is 9.10. The number of hydrogen-bond acceptors (Lipinski definition) is 6. The number of aryl methyl sites for hydroxylation is 2. The molecule has 0 amide bonds. The molecule has 0 fully saturated rings. The Bertz CT molecular complexity index is 1090. The van der Waals surface area contributed by atoms with Gasteiger partial charge in [0.15, 0.2) is 0 Å². The van der Waals surface area contributed by atoms with Crippen molar-refractivity contribution in [3.63, 3.8) is 0 Å². The van der Waals surface area contributed by atoms with Crippen LogP contribution in [-0.4, -0.2) is 31.5 Å². The molecule has 152 valence electrons. The number of anilines is 3. The first-order chi connectivity index (χ1) is 13.8. The quantitative estimate of drug-likeness (QED) is 0.426. The van der Waals surface area contributed by atoms with E-state index >= 15 is 0 Å². The Morgan fingerprint density at radius 2 is 1.69 bits per heavy atom. The van der Waals surface area contributed by atoms with E-state index in [4.69, 9.17) is 0 Å². The number of halogens is 1. The van der Waals surface area contributed by atoms with E-state index in [1.54, 1.807) is 24.3 Å². The summed E-state index contributed by atoms with van der Waals surface area (Å²) in [6.45, 7) is 4.45. The number of aromatic nitrogens is 2. The summed E-state index contributed by atoms with van der Waals surface area (Å²) in [5.41, 5.74) is 2.91. The van der Waals surface area contributed by atoms with Crippen molar-refractivity contribution in [2.24, 2.45) is 0 Å². The lowest BCUT2D eigenvalue weighted by Crippen LogP contribution is -2.29. The number of hydrogen-bond donors (Lipinski definition) is 3. The second-order valence-electron chi connectivity index (χ2n) is 6.46. The van der Waals surface area contributed by atoms with E-state index in [2.05, 4.69) is 41.3 Å². The zero-order valence-electron chi connectivity index (χ0n) is 16.1. The maximum Gasteiger partial charge on any atom is 0.241 e. The third-order valence-corrected chi connectivity index (χ3v) is 6.48. The van der Waals surface area contributed by atoms with Gasteiger partial charge < -0.3 is 10.6 Å². The van der Waals surface area contributed by atoms with Gasteiger partial charge in [-0.2, -0.15) is 4.98 Å². The topological polar surface area (TPSA) is 96.0 Å². The van der Waals surface area contributed by atoms with Crippen LogP contribution in [0.3, 0.4) is 0 Å². The van der Waals surface area contributed by atoms with Gasteiger partial charge in [0.25, 0.3) is 0 Å². The van der Waals surface area contributed by atoms with E-state index in [0.29, 0.717) is 22.8 Å². The fourth-order valence-corrected chi connectivity index (χ4v) is 4.63. The SMILES string of the molecule is Cc1ccc(Nc2cc(C)nc(NCCNS(=O)(=O)c3ccccc3Br)n2)cc1. The minimum absolute atomic E-state index is 0.196. The summed E-state index contributed by atoms with van der Waals surface area (Å²) in [7, 11) is -3.60. The molecule has 0 spiro atoms. The summed E-state index contributed by atoms with van der Waals surface area (Å²) in [4.78, 5) is 8.99. The molecule has 9 heteroatoms. The lowest BCUT2D eigenvalue weighted by molar-refractivity contribution is 0.582. The Hall–Kier alpha value is -2.49. The van der Waals surface area contributed by atoms with Crippen LogP contribution < -0.4 is 15.4 Å². The van der Waals surface area contributed by atoms with Crippen LogP contribution in [-0.2, 0) is 10.0 Å². The zero-order chi connectivity index (χ0) is 20.9. The third kappa shape index (κ3) is 5.99. The molecule has 29 heavy (non-hydrogen) atoms. The van der Waals surface area contributed by atoms with Crippen LogP contribution in [0.15, 0.2) is 64.0 Å². The summed E-state index contributed by atoms with van der Waals surface area (Å²) in [6.07, 6.45) is 0. The Morgan fingerprint density at radius 3 is 2.41 bits per heavy atom. The number of benzene rings is 2. The van der Waals surface area contributed by atoms with Crippen molar-refractivity contribution in [1.29, 1.82) is 0 Å². The van der Waals surface area contributed by atoms with Crippen molar-refractivity contribution < 1.29 is 8.42 Å². The number of rotatable bonds is 8. The van der Waals surface area contributed by atoms with E-state index in [-0.39, 0.29) is 11.4 Å². The lowest BCUT2D eigenvalue weighted by atomic mass is 10.2. The lowest BCUT2D eigenvalue weighted by Gasteiger charge is -2.11. The van der Waals surface area contributed by atoms with Crippen molar-refractivity contribution in [3.8, 4) is 0 Å². The normalized spacial score (nSPS) is 11.3. The van der Waals surface area contributed by atoms with Crippen molar-refractivity contribution in [2.75, 3.05) is 23.7 Å². The average molecular weight is 476 g/mol. The first kappa shape index (κ1) is 21.2. The molecule has 0 saturated heterocycles. The van der Waals surface area contributed by atoms with Crippen molar-refractivity contribution in [1.82, 2.24) is 14.7 Å². The largest absolute Gasteiger partial charge is 0.353 e. The van der Waals surface area contributed by atoms with Gasteiger partial charge in [-0.3, -0.25) is 0 Å². The first-order valence-electron chi connectivity index (χ1n) is 9.01.